The van der Waals surface area contributed by atoms with Gasteiger partial charge in [0.15, 0.2) is 0 Å². The van der Waals surface area contributed by atoms with Crippen LogP contribution >= 0.6 is 0 Å². The molecule has 94 valence electrons. The van der Waals surface area contributed by atoms with E-state index >= 15 is 0 Å². The second-order valence-electron chi connectivity index (χ2n) is 3.77. The zero-order valence-corrected chi connectivity index (χ0v) is 16.9. The SMILES string of the molecule is [Y].[Y].[c-]1ccc(/C=C/C=C/C=C/c2cc[c-]cc2)cc1. The van der Waals surface area contributed by atoms with Gasteiger partial charge in [-0.05, 0) is 0 Å². The van der Waals surface area contributed by atoms with Gasteiger partial charge in [-0.15, -0.1) is 11.1 Å². The van der Waals surface area contributed by atoms with Crippen molar-refractivity contribution in [2.24, 2.45) is 0 Å². The summed E-state index contributed by atoms with van der Waals surface area (Å²) in [5.74, 6) is 0. The van der Waals surface area contributed by atoms with Gasteiger partial charge in [-0.3, -0.25) is 0 Å². The van der Waals surface area contributed by atoms with E-state index in [1.54, 1.807) is 0 Å². The van der Waals surface area contributed by atoms with Crippen LogP contribution in [0.1, 0.15) is 11.1 Å². The minimum absolute atomic E-state index is 0. The Hall–Kier alpha value is -0.132. The average molecular weight is 408 g/mol. The van der Waals surface area contributed by atoms with Gasteiger partial charge < -0.3 is 0 Å². The van der Waals surface area contributed by atoms with Crippen LogP contribution in [0.5, 0.6) is 0 Å². The number of rotatable bonds is 4. The summed E-state index contributed by atoms with van der Waals surface area (Å²) in [7, 11) is 0. The van der Waals surface area contributed by atoms with Crippen LogP contribution < -0.4 is 0 Å². The third kappa shape index (κ3) is 8.22. The van der Waals surface area contributed by atoms with Gasteiger partial charge in [-0.1, -0.05) is 36.5 Å². The molecule has 2 rings (SSSR count). The van der Waals surface area contributed by atoms with Crippen LogP contribution in [0.3, 0.4) is 0 Å². The molecule has 0 unspecified atom stereocenters. The minimum atomic E-state index is 0. The molecule has 2 heteroatoms. The summed E-state index contributed by atoms with van der Waals surface area (Å²) in [4.78, 5) is 0. The standard InChI is InChI=1S/C18H14.2Y/c1(5-11-17-13-7-3-8-14-17)2-6-12-18-15-9-4-10-16-18;;/h1-2,5-16H;;/q-2;;/b2-1+,11-5+,12-6+;;. The molecule has 0 aromatic heterocycles. The molecular weight excluding hydrogens is 394 g/mol. The first kappa shape index (κ1) is 19.9. The van der Waals surface area contributed by atoms with Crippen molar-refractivity contribution >= 4 is 12.2 Å². The van der Waals surface area contributed by atoms with Crippen LogP contribution in [-0.4, -0.2) is 0 Å². The van der Waals surface area contributed by atoms with E-state index < -0.39 is 0 Å². The summed E-state index contributed by atoms with van der Waals surface area (Å²) in [6.07, 6.45) is 12.2. The first-order valence-electron chi connectivity index (χ1n) is 5.89. The molecule has 0 saturated carbocycles. The molecule has 2 radical (unpaired) electrons. The quantitative estimate of drug-likeness (QED) is 0.514. The zero-order valence-electron chi connectivity index (χ0n) is 11.2. The molecule has 0 N–H and O–H groups in total. The van der Waals surface area contributed by atoms with E-state index in [1.807, 2.05) is 72.8 Å². The molecule has 2 aromatic rings. The molecule has 0 aliphatic rings. The molecular formula is C18H14Y2-2. The Labute approximate surface area is 171 Å². The van der Waals surface area contributed by atoms with E-state index in [2.05, 4.69) is 24.3 Å². The van der Waals surface area contributed by atoms with E-state index in [9.17, 15) is 0 Å². The van der Waals surface area contributed by atoms with E-state index in [0.717, 1.165) is 0 Å². The third-order valence-corrected chi connectivity index (χ3v) is 2.40. The van der Waals surface area contributed by atoms with Crippen molar-refractivity contribution in [2.75, 3.05) is 0 Å². The molecule has 0 aliphatic heterocycles. The predicted octanol–water partition coefficient (Wildman–Crippen LogP) is 4.56. The summed E-state index contributed by atoms with van der Waals surface area (Å²) in [5, 5.41) is 0. The number of hydrogen-bond acceptors (Lipinski definition) is 0. The maximum absolute atomic E-state index is 3.00. The van der Waals surface area contributed by atoms with Crippen molar-refractivity contribution < 1.29 is 65.4 Å². The van der Waals surface area contributed by atoms with Gasteiger partial charge in [-0.2, -0.15) is 60.7 Å². The van der Waals surface area contributed by atoms with Crippen LogP contribution in [-0.2, 0) is 65.4 Å². The van der Waals surface area contributed by atoms with E-state index in [1.165, 1.54) is 11.1 Å². The maximum Gasteiger partial charge on any atom is 0 e. The number of allylic oxidation sites excluding steroid dienone is 4. The summed E-state index contributed by atoms with van der Waals surface area (Å²) in [6.45, 7) is 0. The maximum atomic E-state index is 3.00. The Bertz CT molecular complexity index is 489. The van der Waals surface area contributed by atoms with Crippen molar-refractivity contribution in [3.8, 4) is 0 Å². The smallest absolute Gasteiger partial charge is 0 e. The summed E-state index contributed by atoms with van der Waals surface area (Å²) in [6, 6.07) is 21.8. The molecule has 0 aliphatic carbocycles. The van der Waals surface area contributed by atoms with Crippen LogP contribution in [0.4, 0.5) is 0 Å². The van der Waals surface area contributed by atoms with Crippen molar-refractivity contribution in [3.05, 3.63) is 96.1 Å². The van der Waals surface area contributed by atoms with Crippen molar-refractivity contribution in [3.63, 3.8) is 0 Å². The van der Waals surface area contributed by atoms with Crippen molar-refractivity contribution in [1.82, 2.24) is 0 Å². The molecule has 20 heavy (non-hydrogen) atoms. The van der Waals surface area contributed by atoms with Gasteiger partial charge in [-0.25, -0.2) is 0 Å². The Morgan fingerprint density at radius 1 is 0.550 bits per heavy atom. The molecule has 0 fully saturated rings. The van der Waals surface area contributed by atoms with Gasteiger partial charge in [0.05, 0.1) is 0 Å². The number of benzene rings is 2. The Morgan fingerprint density at radius 2 is 0.900 bits per heavy atom. The zero-order chi connectivity index (χ0) is 12.5. The topological polar surface area (TPSA) is 0 Å². The fraction of sp³-hybridized carbons (Fsp3) is 0. The van der Waals surface area contributed by atoms with Gasteiger partial charge in [0.1, 0.15) is 0 Å². The number of hydrogen-bond donors (Lipinski definition) is 0. The molecule has 0 bridgehead atoms. The van der Waals surface area contributed by atoms with Crippen LogP contribution in [0.2, 0.25) is 0 Å². The van der Waals surface area contributed by atoms with Crippen LogP contribution in [0.15, 0.2) is 72.8 Å². The van der Waals surface area contributed by atoms with Crippen molar-refractivity contribution in [1.29, 1.82) is 0 Å². The second-order valence-corrected chi connectivity index (χ2v) is 3.77. The molecule has 0 saturated heterocycles. The van der Waals surface area contributed by atoms with Gasteiger partial charge in [0.25, 0.3) is 0 Å². The van der Waals surface area contributed by atoms with Gasteiger partial charge >= 0.3 is 0 Å². The largest absolute Gasteiger partial charge is 0.184 e. The molecule has 0 atom stereocenters. The van der Waals surface area contributed by atoms with Gasteiger partial charge in [0, 0.05) is 65.4 Å². The molecule has 2 aromatic carbocycles. The van der Waals surface area contributed by atoms with Gasteiger partial charge in [0.2, 0.25) is 0 Å². The first-order chi connectivity index (χ1) is 8.95. The van der Waals surface area contributed by atoms with E-state index in [-0.39, 0.29) is 65.4 Å². The fourth-order valence-corrected chi connectivity index (χ4v) is 1.48. The van der Waals surface area contributed by atoms with Crippen LogP contribution in [0, 0.1) is 12.1 Å². The van der Waals surface area contributed by atoms with E-state index in [4.69, 9.17) is 0 Å². The first-order valence-corrected chi connectivity index (χ1v) is 5.89. The van der Waals surface area contributed by atoms with Crippen molar-refractivity contribution in [2.45, 2.75) is 0 Å². The normalized spacial score (nSPS) is 10.6. The third-order valence-electron chi connectivity index (χ3n) is 2.40. The molecule has 0 spiro atoms. The molecule has 0 heterocycles. The van der Waals surface area contributed by atoms with E-state index in [0.29, 0.717) is 0 Å². The molecule has 0 nitrogen and oxygen atoms in total. The Kier molecular flexibility index (Phi) is 12.5. The average Bonchev–Trinajstić information content (AvgIpc) is 2.45. The Morgan fingerprint density at radius 3 is 1.25 bits per heavy atom. The molecule has 0 amide bonds. The Balaban J connectivity index is 0.00000180. The summed E-state index contributed by atoms with van der Waals surface area (Å²) in [5.41, 5.74) is 2.36. The minimum Gasteiger partial charge on any atom is -0.184 e. The fourth-order valence-electron chi connectivity index (χ4n) is 1.48. The summed E-state index contributed by atoms with van der Waals surface area (Å²) >= 11 is 0. The van der Waals surface area contributed by atoms with Crippen LogP contribution in [0.25, 0.3) is 12.2 Å². The second kappa shape index (κ2) is 12.6. The monoisotopic (exact) mass is 408 g/mol. The predicted molar refractivity (Wildman–Crippen MR) is 77.8 cm³/mol. The summed E-state index contributed by atoms with van der Waals surface area (Å²) < 4.78 is 0.